The molecular formula is C19H31Cl2N3O2. The first-order chi connectivity index (χ1) is 11.6. The van der Waals surface area contributed by atoms with E-state index in [0.29, 0.717) is 6.42 Å². The number of nitrogens with zero attached hydrogens (tertiary/aromatic N) is 2. The molecule has 1 amide bonds. The van der Waals surface area contributed by atoms with Crippen molar-refractivity contribution in [2.45, 2.75) is 31.2 Å². The van der Waals surface area contributed by atoms with E-state index < -0.39 is 0 Å². The van der Waals surface area contributed by atoms with Crippen LogP contribution in [0.4, 0.5) is 0 Å². The molecule has 2 fully saturated rings. The Kier molecular flexibility index (Phi) is 9.17. The van der Waals surface area contributed by atoms with Gasteiger partial charge in [0.25, 0.3) is 0 Å². The summed E-state index contributed by atoms with van der Waals surface area (Å²) in [5, 5.41) is 3.45. The Hall–Kier alpha value is -1.01. The van der Waals surface area contributed by atoms with Gasteiger partial charge in [-0.1, -0.05) is 18.2 Å². The van der Waals surface area contributed by atoms with Gasteiger partial charge in [0.2, 0.25) is 5.91 Å². The van der Waals surface area contributed by atoms with E-state index in [9.17, 15) is 4.79 Å². The lowest BCUT2D eigenvalue weighted by atomic mass is 9.86. The minimum atomic E-state index is 0. The predicted molar refractivity (Wildman–Crippen MR) is 110 cm³/mol. The van der Waals surface area contributed by atoms with E-state index in [1.165, 1.54) is 0 Å². The highest BCUT2D eigenvalue weighted by Crippen LogP contribution is 2.29. The van der Waals surface area contributed by atoms with Crippen LogP contribution < -0.4 is 10.1 Å². The fourth-order valence-electron chi connectivity index (χ4n) is 4.06. The number of hydrogen-bond donors (Lipinski definition) is 1. The third kappa shape index (κ3) is 5.03. The third-order valence-corrected chi connectivity index (χ3v) is 5.64. The third-order valence-electron chi connectivity index (χ3n) is 5.64. The van der Waals surface area contributed by atoms with E-state index in [4.69, 9.17) is 4.74 Å². The molecule has 0 aromatic heterocycles. The zero-order chi connectivity index (χ0) is 17.0. The summed E-state index contributed by atoms with van der Waals surface area (Å²) in [5.74, 6) is 1.02. The minimum Gasteiger partial charge on any atom is -0.496 e. The SMILES string of the molecule is COc1ccccc1CC(=O)N1CCCN(C)C2(CCNCC2)C1.Cl.Cl. The Bertz CT molecular complexity index is 580. The maximum atomic E-state index is 13.0. The first-order valence-electron chi connectivity index (χ1n) is 8.96. The Balaban J connectivity index is 0.00000169. The highest BCUT2D eigenvalue weighted by atomic mass is 35.5. The van der Waals surface area contributed by atoms with E-state index in [1.54, 1.807) is 7.11 Å². The van der Waals surface area contributed by atoms with Crippen LogP contribution >= 0.6 is 24.8 Å². The number of hydrogen-bond acceptors (Lipinski definition) is 4. The van der Waals surface area contributed by atoms with Gasteiger partial charge in [0, 0.05) is 30.7 Å². The summed E-state index contributed by atoms with van der Waals surface area (Å²) >= 11 is 0. The molecule has 0 unspecified atom stereocenters. The molecule has 2 aliphatic heterocycles. The Morgan fingerprint density at radius 1 is 1.19 bits per heavy atom. The van der Waals surface area contributed by atoms with E-state index in [-0.39, 0.29) is 36.3 Å². The van der Waals surface area contributed by atoms with Crippen LogP contribution in [0.2, 0.25) is 0 Å². The fourth-order valence-corrected chi connectivity index (χ4v) is 4.06. The van der Waals surface area contributed by atoms with Crippen molar-refractivity contribution in [3.05, 3.63) is 29.8 Å². The van der Waals surface area contributed by atoms with Crippen molar-refractivity contribution in [3.8, 4) is 5.75 Å². The predicted octanol–water partition coefficient (Wildman–Crippen LogP) is 2.37. The first-order valence-corrected chi connectivity index (χ1v) is 8.96. The molecular weight excluding hydrogens is 373 g/mol. The second-order valence-electron chi connectivity index (χ2n) is 7.05. The number of likely N-dealkylation sites (N-methyl/N-ethyl adjacent to an activating group) is 1. The Morgan fingerprint density at radius 3 is 2.58 bits per heavy atom. The van der Waals surface area contributed by atoms with Crippen LogP contribution in [-0.2, 0) is 11.2 Å². The molecule has 0 atom stereocenters. The van der Waals surface area contributed by atoms with E-state index in [2.05, 4.69) is 22.2 Å². The van der Waals surface area contributed by atoms with Crippen LogP contribution in [-0.4, -0.2) is 68.1 Å². The Labute approximate surface area is 169 Å². The van der Waals surface area contributed by atoms with Gasteiger partial charge in [-0.05, 0) is 45.5 Å². The molecule has 26 heavy (non-hydrogen) atoms. The standard InChI is InChI=1S/C19H29N3O2.2ClH/c1-21-12-5-13-22(15-19(21)8-10-20-11-9-19)18(23)14-16-6-3-4-7-17(16)24-2;;/h3-4,6-7,20H,5,8-15H2,1-2H3;2*1H. The first kappa shape index (κ1) is 23.0. The van der Waals surface area contributed by atoms with Gasteiger partial charge in [-0.25, -0.2) is 0 Å². The smallest absolute Gasteiger partial charge is 0.227 e. The lowest BCUT2D eigenvalue weighted by Crippen LogP contribution is -2.58. The number of methoxy groups -OCH3 is 1. The van der Waals surface area contributed by atoms with Gasteiger partial charge in [-0.3, -0.25) is 9.69 Å². The number of ether oxygens (including phenoxy) is 1. The summed E-state index contributed by atoms with van der Waals surface area (Å²) in [6.45, 7) is 4.85. The summed E-state index contributed by atoms with van der Waals surface area (Å²) in [5.41, 5.74) is 1.11. The maximum Gasteiger partial charge on any atom is 0.227 e. The summed E-state index contributed by atoms with van der Waals surface area (Å²) in [4.78, 5) is 17.5. The molecule has 0 aliphatic carbocycles. The molecule has 3 rings (SSSR count). The van der Waals surface area contributed by atoms with Gasteiger partial charge in [0.1, 0.15) is 5.75 Å². The average Bonchev–Trinajstić information content (AvgIpc) is 2.76. The number of rotatable bonds is 3. The van der Waals surface area contributed by atoms with Crippen molar-refractivity contribution in [2.75, 3.05) is 46.9 Å². The van der Waals surface area contributed by atoms with Gasteiger partial charge in [-0.15, -0.1) is 24.8 Å². The topological polar surface area (TPSA) is 44.8 Å². The zero-order valence-electron chi connectivity index (χ0n) is 15.7. The van der Waals surface area contributed by atoms with Crippen molar-refractivity contribution in [1.29, 1.82) is 0 Å². The van der Waals surface area contributed by atoms with Crippen molar-refractivity contribution in [3.63, 3.8) is 0 Å². The summed E-state index contributed by atoms with van der Waals surface area (Å²) in [6.07, 6.45) is 3.69. The van der Waals surface area contributed by atoms with Crippen LogP contribution in [0.5, 0.6) is 5.75 Å². The molecule has 0 saturated carbocycles. The number of carbonyl (C=O) groups is 1. The molecule has 148 valence electrons. The van der Waals surface area contributed by atoms with E-state index in [0.717, 1.165) is 63.3 Å². The van der Waals surface area contributed by atoms with Crippen molar-refractivity contribution >= 4 is 30.7 Å². The Morgan fingerprint density at radius 2 is 1.88 bits per heavy atom. The lowest BCUT2D eigenvalue weighted by molar-refractivity contribution is -0.132. The lowest BCUT2D eigenvalue weighted by Gasteiger charge is -2.45. The van der Waals surface area contributed by atoms with Crippen LogP contribution in [0.3, 0.4) is 0 Å². The maximum absolute atomic E-state index is 13.0. The number of piperidine rings is 1. The van der Waals surface area contributed by atoms with Crippen molar-refractivity contribution < 1.29 is 9.53 Å². The summed E-state index contributed by atoms with van der Waals surface area (Å²) < 4.78 is 5.40. The molecule has 1 spiro atoms. The quantitative estimate of drug-likeness (QED) is 0.840. The zero-order valence-corrected chi connectivity index (χ0v) is 17.3. The van der Waals surface area contributed by atoms with Gasteiger partial charge >= 0.3 is 0 Å². The van der Waals surface area contributed by atoms with E-state index in [1.807, 2.05) is 24.3 Å². The van der Waals surface area contributed by atoms with Crippen molar-refractivity contribution in [2.24, 2.45) is 0 Å². The number of halogens is 2. The molecule has 5 nitrogen and oxygen atoms in total. The number of benzene rings is 1. The molecule has 0 radical (unpaired) electrons. The second-order valence-corrected chi connectivity index (χ2v) is 7.05. The molecule has 7 heteroatoms. The summed E-state index contributed by atoms with van der Waals surface area (Å²) in [6, 6.07) is 7.82. The normalized spacial score (nSPS) is 19.8. The van der Waals surface area contributed by atoms with Crippen LogP contribution in [0.15, 0.2) is 24.3 Å². The van der Waals surface area contributed by atoms with Gasteiger partial charge < -0.3 is 15.0 Å². The molecule has 2 saturated heterocycles. The summed E-state index contributed by atoms with van der Waals surface area (Å²) in [7, 11) is 3.88. The average molecular weight is 404 g/mol. The number of amides is 1. The molecule has 0 bridgehead atoms. The van der Waals surface area contributed by atoms with E-state index >= 15 is 0 Å². The largest absolute Gasteiger partial charge is 0.496 e. The molecule has 1 aromatic rings. The highest BCUT2D eigenvalue weighted by Gasteiger charge is 2.40. The van der Waals surface area contributed by atoms with Gasteiger partial charge in [0.05, 0.1) is 13.5 Å². The molecule has 1 N–H and O–H groups in total. The number of nitrogens with one attached hydrogen (secondary N) is 1. The molecule has 2 aliphatic rings. The van der Waals surface area contributed by atoms with Gasteiger partial charge in [0.15, 0.2) is 0 Å². The van der Waals surface area contributed by atoms with Crippen LogP contribution in [0.25, 0.3) is 0 Å². The monoisotopic (exact) mass is 403 g/mol. The van der Waals surface area contributed by atoms with Crippen molar-refractivity contribution in [1.82, 2.24) is 15.1 Å². The molecule has 2 heterocycles. The fraction of sp³-hybridized carbons (Fsp3) is 0.632. The molecule has 1 aromatic carbocycles. The number of para-hydroxylation sites is 1. The highest BCUT2D eigenvalue weighted by molar-refractivity contribution is 5.85. The van der Waals surface area contributed by atoms with Gasteiger partial charge in [-0.2, -0.15) is 0 Å². The van der Waals surface area contributed by atoms with Crippen LogP contribution in [0.1, 0.15) is 24.8 Å². The second kappa shape index (κ2) is 10.4. The number of carbonyl (C=O) groups excluding carboxylic acids is 1. The van der Waals surface area contributed by atoms with Crippen LogP contribution in [0, 0.1) is 0 Å². The minimum absolute atomic E-state index is 0.